The van der Waals surface area contributed by atoms with E-state index in [4.69, 9.17) is 0 Å². The largest absolute Gasteiger partial charge is 0.303 e. The molecule has 3 nitrogen and oxygen atoms in total. The molecule has 3 heteroatoms. The van der Waals surface area contributed by atoms with E-state index in [0.717, 1.165) is 54.1 Å². The zero-order valence-corrected chi connectivity index (χ0v) is 15.6. The predicted molar refractivity (Wildman–Crippen MR) is 106 cm³/mol. The van der Waals surface area contributed by atoms with Crippen molar-refractivity contribution in [3.8, 4) is 0 Å². The Labute approximate surface area is 164 Å². The van der Waals surface area contributed by atoms with Crippen LogP contribution in [-0.2, 0) is 19.8 Å². The second-order valence-electron chi connectivity index (χ2n) is 8.27. The van der Waals surface area contributed by atoms with E-state index in [-0.39, 0.29) is 11.7 Å². The molecule has 0 unspecified atom stereocenters. The van der Waals surface area contributed by atoms with Gasteiger partial charge in [-0.25, -0.2) is 0 Å². The molecule has 2 fully saturated rings. The topological polar surface area (TPSA) is 51.2 Å². The monoisotopic (exact) mass is 370 g/mol. The van der Waals surface area contributed by atoms with Crippen molar-refractivity contribution in [3.05, 3.63) is 77.4 Å². The standard InChI is InChI=1S/C25H22O3/c26-15-19-14-20(16-27)25(18-10-5-2-6-11-18)23(28)22(17-8-3-1-4-9-17)21-12-7-13-24(19,21)25/h1-6,8-11,15-16,19-20H,7,12-14H2/t19-,20+,24+,25-/m1/s1. The van der Waals surface area contributed by atoms with Gasteiger partial charge in [-0.2, -0.15) is 0 Å². The first-order valence-electron chi connectivity index (χ1n) is 10.0. The maximum Gasteiger partial charge on any atom is 0.175 e. The van der Waals surface area contributed by atoms with Crippen LogP contribution in [0.5, 0.6) is 0 Å². The lowest BCUT2D eigenvalue weighted by atomic mass is 9.56. The van der Waals surface area contributed by atoms with Gasteiger partial charge in [-0.1, -0.05) is 66.2 Å². The first kappa shape index (κ1) is 17.3. The molecule has 0 saturated heterocycles. The molecule has 3 aliphatic carbocycles. The van der Waals surface area contributed by atoms with Crippen LogP contribution < -0.4 is 0 Å². The first-order chi connectivity index (χ1) is 13.7. The number of benzene rings is 2. The molecule has 0 aromatic heterocycles. The van der Waals surface area contributed by atoms with E-state index in [1.54, 1.807) is 0 Å². The highest BCUT2D eigenvalue weighted by atomic mass is 16.1. The zero-order valence-electron chi connectivity index (χ0n) is 15.6. The summed E-state index contributed by atoms with van der Waals surface area (Å²) in [6, 6.07) is 19.5. The van der Waals surface area contributed by atoms with Crippen LogP contribution in [-0.4, -0.2) is 18.4 Å². The van der Waals surface area contributed by atoms with Gasteiger partial charge >= 0.3 is 0 Å². The van der Waals surface area contributed by atoms with E-state index in [1.807, 2.05) is 60.7 Å². The minimum absolute atomic E-state index is 0.0288. The van der Waals surface area contributed by atoms with Crippen LogP contribution >= 0.6 is 0 Å². The average molecular weight is 370 g/mol. The molecule has 4 atom stereocenters. The van der Waals surface area contributed by atoms with E-state index in [0.29, 0.717) is 6.42 Å². The summed E-state index contributed by atoms with van der Waals surface area (Å²) in [6.45, 7) is 0. The van der Waals surface area contributed by atoms with E-state index in [1.165, 1.54) is 0 Å². The SMILES string of the molecule is O=C[C@@H]1C[C@H](C=O)[C@@]23CCCC2=C(c2ccccc2)C(=O)[C@@]13c1ccccc1. The highest BCUT2D eigenvalue weighted by Gasteiger charge is 2.75. The Morgan fingerprint density at radius 1 is 0.857 bits per heavy atom. The minimum Gasteiger partial charge on any atom is -0.303 e. The molecular formula is C25H22O3. The fourth-order valence-corrected chi connectivity index (χ4v) is 6.63. The van der Waals surface area contributed by atoms with Crippen LogP contribution in [0.4, 0.5) is 0 Å². The second kappa shape index (κ2) is 6.10. The minimum atomic E-state index is -0.960. The lowest BCUT2D eigenvalue weighted by Gasteiger charge is -2.43. The molecule has 2 aromatic carbocycles. The predicted octanol–water partition coefficient (Wildman–Crippen LogP) is 4.17. The van der Waals surface area contributed by atoms with Crippen molar-refractivity contribution in [3.63, 3.8) is 0 Å². The molecule has 2 saturated carbocycles. The van der Waals surface area contributed by atoms with Crippen molar-refractivity contribution in [1.82, 2.24) is 0 Å². The summed E-state index contributed by atoms with van der Waals surface area (Å²) in [7, 11) is 0. The Balaban J connectivity index is 1.87. The number of Topliss-reactive ketones (excluding diaryl/α,β-unsaturated/α-hetero) is 1. The third kappa shape index (κ3) is 1.82. The number of ketones is 1. The summed E-state index contributed by atoms with van der Waals surface area (Å²) in [5.41, 5.74) is 2.12. The van der Waals surface area contributed by atoms with Crippen molar-refractivity contribution in [2.24, 2.45) is 17.3 Å². The molecule has 3 aliphatic rings. The molecule has 1 spiro atoms. The molecule has 28 heavy (non-hydrogen) atoms. The fraction of sp³-hybridized carbons (Fsp3) is 0.320. The van der Waals surface area contributed by atoms with Crippen molar-refractivity contribution < 1.29 is 14.4 Å². The summed E-state index contributed by atoms with van der Waals surface area (Å²) in [4.78, 5) is 38.7. The molecule has 0 aliphatic heterocycles. The van der Waals surface area contributed by atoms with Crippen LogP contribution in [0, 0.1) is 17.3 Å². The van der Waals surface area contributed by atoms with Gasteiger partial charge in [-0.15, -0.1) is 0 Å². The number of carbonyl (C=O) groups is 3. The molecular weight excluding hydrogens is 348 g/mol. The Bertz CT molecular complexity index is 991. The first-order valence-corrected chi connectivity index (χ1v) is 10.0. The van der Waals surface area contributed by atoms with Gasteiger partial charge < -0.3 is 9.59 Å². The van der Waals surface area contributed by atoms with E-state index >= 15 is 0 Å². The van der Waals surface area contributed by atoms with Crippen LogP contribution in [0.2, 0.25) is 0 Å². The molecule has 5 rings (SSSR count). The van der Waals surface area contributed by atoms with Gasteiger partial charge in [-0.3, -0.25) is 4.79 Å². The van der Waals surface area contributed by atoms with E-state index in [9.17, 15) is 14.4 Å². The van der Waals surface area contributed by atoms with Crippen molar-refractivity contribution in [1.29, 1.82) is 0 Å². The number of aldehydes is 2. The summed E-state index contributed by atoms with van der Waals surface area (Å²) in [6.07, 6.45) is 4.95. The molecule has 0 heterocycles. The molecule has 0 N–H and O–H groups in total. The second-order valence-corrected chi connectivity index (χ2v) is 8.27. The van der Waals surface area contributed by atoms with Crippen LogP contribution in [0.3, 0.4) is 0 Å². The van der Waals surface area contributed by atoms with Gasteiger partial charge in [0.25, 0.3) is 0 Å². The van der Waals surface area contributed by atoms with Gasteiger partial charge in [-0.05, 0) is 36.8 Å². The lowest BCUT2D eigenvalue weighted by molar-refractivity contribution is -0.127. The highest BCUT2D eigenvalue weighted by Crippen LogP contribution is 2.73. The Kier molecular flexibility index (Phi) is 3.77. The third-order valence-electron chi connectivity index (χ3n) is 7.44. The zero-order chi connectivity index (χ0) is 19.4. The Morgan fingerprint density at radius 2 is 1.50 bits per heavy atom. The summed E-state index contributed by atoms with van der Waals surface area (Å²) in [5, 5.41) is 0. The Morgan fingerprint density at radius 3 is 2.14 bits per heavy atom. The molecule has 2 aromatic rings. The molecule has 0 radical (unpaired) electrons. The summed E-state index contributed by atoms with van der Waals surface area (Å²) in [5.74, 6) is -0.751. The maximum absolute atomic E-state index is 14.2. The van der Waals surface area contributed by atoms with E-state index < -0.39 is 16.7 Å². The van der Waals surface area contributed by atoms with Gasteiger partial charge in [0, 0.05) is 22.8 Å². The van der Waals surface area contributed by atoms with E-state index in [2.05, 4.69) is 0 Å². The summed E-state index contributed by atoms with van der Waals surface area (Å²) >= 11 is 0. The Hall–Kier alpha value is -2.81. The van der Waals surface area contributed by atoms with Crippen LogP contribution in [0.25, 0.3) is 5.57 Å². The quantitative estimate of drug-likeness (QED) is 0.759. The van der Waals surface area contributed by atoms with Gasteiger partial charge in [0.15, 0.2) is 5.78 Å². The lowest BCUT2D eigenvalue weighted by Crippen LogP contribution is -2.49. The molecule has 0 bridgehead atoms. The third-order valence-corrected chi connectivity index (χ3v) is 7.44. The number of carbonyl (C=O) groups excluding carboxylic acids is 3. The molecule has 140 valence electrons. The van der Waals surface area contributed by atoms with Crippen molar-refractivity contribution in [2.75, 3.05) is 0 Å². The maximum atomic E-state index is 14.2. The van der Waals surface area contributed by atoms with Crippen LogP contribution in [0.15, 0.2) is 66.2 Å². The van der Waals surface area contributed by atoms with Crippen molar-refractivity contribution >= 4 is 23.9 Å². The number of hydrogen-bond acceptors (Lipinski definition) is 3. The summed E-state index contributed by atoms with van der Waals surface area (Å²) < 4.78 is 0. The molecule has 0 amide bonds. The van der Waals surface area contributed by atoms with Gasteiger partial charge in [0.2, 0.25) is 0 Å². The highest BCUT2D eigenvalue weighted by molar-refractivity contribution is 6.31. The fourth-order valence-electron chi connectivity index (χ4n) is 6.63. The van der Waals surface area contributed by atoms with Crippen LogP contribution in [0.1, 0.15) is 36.8 Å². The smallest absolute Gasteiger partial charge is 0.175 e. The average Bonchev–Trinajstić information content (AvgIpc) is 3.35. The van der Waals surface area contributed by atoms with Gasteiger partial charge in [0.1, 0.15) is 12.6 Å². The number of allylic oxidation sites excluding steroid dienone is 2. The van der Waals surface area contributed by atoms with Crippen molar-refractivity contribution in [2.45, 2.75) is 31.1 Å². The van der Waals surface area contributed by atoms with Gasteiger partial charge in [0.05, 0.1) is 5.41 Å². The number of rotatable bonds is 4. The normalized spacial score (nSPS) is 33.6. The number of hydrogen-bond donors (Lipinski definition) is 0.